The van der Waals surface area contributed by atoms with E-state index in [4.69, 9.17) is 14.2 Å². The second kappa shape index (κ2) is 9.89. The van der Waals surface area contributed by atoms with Crippen molar-refractivity contribution in [1.82, 2.24) is 9.97 Å². The highest BCUT2D eigenvalue weighted by Crippen LogP contribution is 2.35. The molecule has 5 rings (SSSR count). The van der Waals surface area contributed by atoms with E-state index in [1.54, 1.807) is 24.6 Å². The van der Waals surface area contributed by atoms with E-state index in [0.29, 0.717) is 48.1 Å². The number of aromatic nitrogens is 2. The van der Waals surface area contributed by atoms with Gasteiger partial charge in [-0.1, -0.05) is 0 Å². The van der Waals surface area contributed by atoms with Gasteiger partial charge in [0, 0.05) is 39.6 Å². The van der Waals surface area contributed by atoms with Crippen LogP contribution in [0.3, 0.4) is 0 Å². The SMILES string of the molecule is Cc1cc(N=S(C)(C)=O)cc2ncnc(Nc3ccc(F)cc3OCC[C@@H]3CO[C@H]4[C@@H]3OC[C@H]4O)c12. The Kier molecular flexibility index (Phi) is 6.82. The number of hydrogen-bond acceptors (Lipinski definition) is 9. The molecule has 0 saturated carbocycles. The highest BCUT2D eigenvalue weighted by atomic mass is 32.2. The summed E-state index contributed by atoms with van der Waals surface area (Å²) in [6.07, 6.45) is 4.21. The fourth-order valence-corrected chi connectivity index (χ4v) is 5.36. The number of ether oxygens (including phenoxy) is 3. The van der Waals surface area contributed by atoms with Crippen LogP contribution in [0, 0.1) is 18.7 Å². The number of benzene rings is 2. The molecule has 192 valence electrons. The molecule has 2 fully saturated rings. The minimum atomic E-state index is -2.32. The number of aliphatic hydroxyl groups is 1. The first-order valence-corrected chi connectivity index (χ1v) is 14.0. The Balaban J connectivity index is 1.36. The van der Waals surface area contributed by atoms with E-state index in [9.17, 15) is 13.7 Å². The lowest BCUT2D eigenvalue weighted by atomic mass is 9.98. The predicted molar refractivity (Wildman–Crippen MR) is 135 cm³/mol. The van der Waals surface area contributed by atoms with Crippen molar-refractivity contribution in [2.24, 2.45) is 10.3 Å². The summed E-state index contributed by atoms with van der Waals surface area (Å²) in [7, 11) is -2.32. The molecule has 2 N–H and O–H groups in total. The summed E-state index contributed by atoms with van der Waals surface area (Å²) in [5.41, 5.74) is 2.65. The first-order valence-electron chi connectivity index (χ1n) is 11.7. The zero-order valence-electron chi connectivity index (χ0n) is 20.3. The van der Waals surface area contributed by atoms with Crippen LogP contribution in [0.15, 0.2) is 41.0 Å². The molecule has 9 nitrogen and oxygen atoms in total. The first kappa shape index (κ1) is 24.8. The molecule has 36 heavy (non-hydrogen) atoms. The Morgan fingerprint density at radius 2 is 2.00 bits per heavy atom. The molecule has 3 heterocycles. The normalized spacial score (nSPS) is 23.6. The summed E-state index contributed by atoms with van der Waals surface area (Å²) in [6, 6.07) is 7.89. The molecule has 2 aliphatic heterocycles. The number of halogens is 1. The Morgan fingerprint density at radius 1 is 1.19 bits per heavy atom. The summed E-state index contributed by atoms with van der Waals surface area (Å²) < 4.78 is 47.8. The molecule has 2 saturated heterocycles. The number of nitrogens with one attached hydrogen (secondary N) is 1. The van der Waals surface area contributed by atoms with Crippen LogP contribution in [-0.2, 0) is 19.2 Å². The number of anilines is 2. The van der Waals surface area contributed by atoms with Gasteiger partial charge in [-0.2, -0.15) is 4.36 Å². The number of aliphatic hydroxyl groups excluding tert-OH is 1. The van der Waals surface area contributed by atoms with Crippen molar-refractivity contribution in [3.05, 3.63) is 48.0 Å². The van der Waals surface area contributed by atoms with Gasteiger partial charge >= 0.3 is 0 Å². The molecule has 3 aromatic rings. The van der Waals surface area contributed by atoms with Crippen molar-refractivity contribution in [1.29, 1.82) is 0 Å². The van der Waals surface area contributed by atoms with E-state index in [0.717, 1.165) is 10.9 Å². The lowest BCUT2D eigenvalue weighted by Crippen LogP contribution is -2.29. The summed E-state index contributed by atoms with van der Waals surface area (Å²) in [6.45, 7) is 3.01. The molecule has 1 aromatic heterocycles. The van der Waals surface area contributed by atoms with Crippen LogP contribution in [0.5, 0.6) is 5.75 Å². The third-order valence-electron chi connectivity index (χ3n) is 6.32. The standard InChI is InChI=1S/C25H29FN4O5S/c1-14-8-17(30-36(2,3)32)10-19-22(14)25(28-13-27-19)29-18-5-4-16(26)9-21(18)33-7-6-15-11-34-24-20(31)12-35-23(15)24/h4-5,8-10,13,15,20,23-24,31H,6-7,11-12H2,1-3H3,(H,27,28,29)/t15-,20-,23-,24-/m1/s1. The molecule has 0 amide bonds. The maximum atomic E-state index is 14.1. The number of nitrogens with zero attached hydrogens (tertiary/aromatic N) is 3. The van der Waals surface area contributed by atoms with E-state index < -0.39 is 21.7 Å². The molecule has 0 unspecified atom stereocenters. The van der Waals surface area contributed by atoms with Crippen molar-refractivity contribution in [2.45, 2.75) is 31.7 Å². The molecule has 0 spiro atoms. The molecule has 0 bridgehead atoms. The van der Waals surface area contributed by atoms with Crippen LogP contribution < -0.4 is 10.1 Å². The Labute approximate surface area is 209 Å². The topological polar surface area (TPSA) is 115 Å². The van der Waals surface area contributed by atoms with Gasteiger partial charge in [-0.05, 0) is 43.2 Å². The summed E-state index contributed by atoms with van der Waals surface area (Å²) in [4.78, 5) is 8.76. The van der Waals surface area contributed by atoms with Gasteiger partial charge in [0.15, 0.2) is 0 Å². The monoisotopic (exact) mass is 516 g/mol. The lowest BCUT2D eigenvalue weighted by molar-refractivity contribution is 0.0163. The highest BCUT2D eigenvalue weighted by Gasteiger charge is 2.46. The van der Waals surface area contributed by atoms with Crippen LogP contribution >= 0.6 is 0 Å². The number of rotatable bonds is 7. The van der Waals surface area contributed by atoms with E-state index >= 15 is 0 Å². The van der Waals surface area contributed by atoms with Crippen LogP contribution in [-0.4, -0.2) is 69.9 Å². The zero-order chi connectivity index (χ0) is 25.4. The maximum absolute atomic E-state index is 14.1. The van der Waals surface area contributed by atoms with Gasteiger partial charge in [-0.15, -0.1) is 0 Å². The summed E-state index contributed by atoms with van der Waals surface area (Å²) in [5.74, 6) is 0.575. The summed E-state index contributed by atoms with van der Waals surface area (Å²) in [5, 5.41) is 14.0. The second-order valence-electron chi connectivity index (χ2n) is 9.48. The zero-order valence-corrected chi connectivity index (χ0v) is 21.1. The minimum absolute atomic E-state index is 0.103. The van der Waals surface area contributed by atoms with Crippen molar-refractivity contribution < 1.29 is 27.9 Å². The van der Waals surface area contributed by atoms with Gasteiger partial charge in [-0.25, -0.2) is 18.6 Å². The van der Waals surface area contributed by atoms with Gasteiger partial charge in [0.05, 0.1) is 42.8 Å². The second-order valence-corrected chi connectivity index (χ2v) is 12.0. The van der Waals surface area contributed by atoms with Crippen molar-refractivity contribution in [3.8, 4) is 5.75 Å². The fraction of sp³-hybridized carbons (Fsp3) is 0.440. The average molecular weight is 517 g/mol. The van der Waals surface area contributed by atoms with Gasteiger partial charge in [0.1, 0.15) is 35.9 Å². The Morgan fingerprint density at radius 3 is 2.81 bits per heavy atom. The third-order valence-corrected chi connectivity index (χ3v) is 6.97. The van der Waals surface area contributed by atoms with Crippen LogP contribution in [0.25, 0.3) is 10.9 Å². The first-order chi connectivity index (χ1) is 17.2. The molecular formula is C25H29FN4O5S. The lowest BCUT2D eigenvalue weighted by Gasteiger charge is -2.18. The van der Waals surface area contributed by atoms with Crippen LogP contribution in [0.1, 0.15) is 12.0 Å². The predicted octanol–water partition coefficient (Wildman–Crippen LogP) is 3.72. The van der Waals surface area contributed by atoms with Crippen molar-refractivity contribution in [2.75, 3.05) is 37.6 Å². The number of hydrogen-bond donors (Lipinski definition) is 2. The minimum Gasteiger partial charge on any atom is -0.491 e. The molecule has 11 heteroatoms. The summed E-state index contributed by atoms with van der Waals surface area (Å²) >= 11 is 0. The molecule has 2 aromatic carbocycles. The van der Waals surface area contributed by atoms with E-state index in [1.807, 2.05) is 13.0 Å². The van der Waals surface area contributed by atoms with E-state index in [-0.39, 0.29) is 24.7 Å². The number of fused-ring (bicyclic) bond motifs is 2. The molecule has 2 aliphatic rings. The molecular weight excluding hydrogens is 487 g/mol. The van der Waals surface area contributed by atoms with Crippen molar-refractivity contribution in [3.63, 3.8) is 0 Å². The van der Waals surface area contributed by atoms with E-state index in [1.165, 1.54) is 18.5 Å². The maximum Gasteiger partial charge on any atom is 0.145 e. The van der Waals surface area contributed by atoms with Gasteiger partial charge in [0.25, 0.3) is 0 Å². The third kappa shape index (κ3) is 5.29. The quantitative estimate of drug-likeness (QED) is 0.488. The average Bonchev–Trinajstić information content (AvgIpc) is 3.37. The fourth-order valence-electron chi connectivity index (χ4n) is 4.75. The molecule has 4 atom stereocenters. The molecule has 0 radical (unpaired) electrons. The number of aryl methyl sites for hydroxylation is 1. The van der Waals surface area contributed by atoms with Gasteiger partial charge in [0.2, 0.25) is 0 Å². The van der Waals surface area contributed by atoms with Crippen molar-refractivity contribution >= 4 is 37.8 Å². The molecule has 0 aliphatic carbocycles. The van der Waals surface area contributed by atoms with Gasteiger partial charge in [-0.3, -0.25) is 0 Å². The Bertz CT molecular complexity index is 1400. The van der Waals surface area contributed by atoms with Crippen LogP contribution in [0.2, 0.25) is 0 Å². The smallest absolute Gasteiger partial charge is 0.145 e. The van der Waals surface area contributed by atoms with E-state index in [2.05, 4.69) is 19.6 Å². The van der Waals surface area contributed by atoms with Crippen LogP contribution in [0.4, 0.5) is 21.6 Å². The van der Waals surface area contributed by atoms with Gasteiger partial charge < -0.3 is 24.6 Å². The highest BCUT2D eigenvalue weighted by molar-refractivity contribution is 7.92. The Hall–Kier alpha value is -2.86. The largest absolute Gasteiger partial charge is 0.491 e.